The number of hydrogen-bond acceptors (Lipinski definition) is 5. The van der Waals surface area contributed by atoms with Crippen LogP contribution in [0.4, 0.5) is 0 Å². The van der Waals surface area contributed by atoms with Crippen molar-refractivity contribution in [2.75, 3.05) is 13.1 Å². The van der Waals surface area contributed by atoms with Crippen LogP contribution in [-0.2, 0) is 9.59 Å². The third-order valence-electron chi connectivity index (χ3n) is 7.85. The number of rotatable bonds is 6. The van der Waals surface area contributed by atoms with Gasteiger partial charge in [-0.3, -0.25) is 19.3 Å². The summed E-state index contributed by atoms with van der Waals surface area (Å²) in [6, 6.07) is 9.20. The van der Waals surface area contributed by atoms with Gasteiger partial charge in [0.05, 0.1) is 18.2 Å². The first kappa shape index (κ1) is 21.0. The molecule has 8 heteroatoms. The number of carbonyl (C=O) groups is 3. The lowest BCUT2D eigenvalue weighted by Gasteiger charge is -2.38. The Kier molecular flexibility index (Phi) is 4.97. The molecule has 4 aliphatic rings. The lowest BCUT2D eigenvalue weighted by molar-refractivity contribution is -0.142. The van der Waals surface area contributed by atoms with Crippen molar-refractivity contribution in [3.8, 4) is 6.07 Å². The van der Waals surface area contributed by atoms with Gasteiger partial charge in [-0.1, -0.05) is 19.1 Å². The number of nitriles is 1. The molecule has 1 unspecified atom stereocenters. The molecule has 2 N–H and O–H groups in total. The maximum atomic E-state index is 13.2. The highest BCUT2D eigenvalue weighted by atomic mass is 16.2. The lowest BCUT2D eigenvalue weighted by atomic mass is 10.0. The number of primary amides is 1. The van der Waals surface area contributed by atoms with E-state index in [-0.39, 0.29) is 47.9 Å². The first-order valence-electron chi connectivity index (χ1n) is 11.5. The van der Waals surface area contributed by atoms with E-state index in [0.29, 0.717) is 18.0 Å². The molecule has 1 aromatic rings. The maximum Gasteiger partial charge on any atom is 0.248 e. The van der Waals surface area contributed by atoms with Gasteiger partial charge in [0.2, 0.25) is 17.7 Å². The third kappa shape index (κ3) is 3.27. The Morgan fingerprint density at radius 1 is 1.19 bits per heavy atom. The third-order valence-corrected chi connectivity index (χ3v) is 7.85. The molecule has 2 bridgehead atoms. The zero-order valence-corrected chi connectivity index (χ0v) is 18.5. The number of amides is 3. The predicted molar refractivity (Wildman–Crippen MR) is 116 cm³/mol. The molecule has 0 spiro atoms. The fourth-order valence-electron chi connectivity index (χ4n) is 6.06. The first-order chi connectivity index (χ1) is 15.3. The van der Waals surface area contributed by atoms with E-state index < -0.39 is 5.91 Å². The Labute approximate surface area is 187 Å². The quantitative estimate of drug-likeness (QED) is 0.724. The summed E-state index contributed by atoms with van der Waals surface area (Å²) in [5.41, 5.74) is 6.75. The Hall–Kier alpha value is -2.92. The molecule has 168 valence electrons. The van der Waals surface area contributed by atoms with E-state index in [0.717, 1.165) is 31.4 Å². The van der Waals surface area contributed by atoms with Crippen molar-refractivity contribution < 1.29 is 14.4 Å². The van der Waals surface area contributed by atoms with Gasteiger partial charge in [-0.15, -0.1) is 0 Å². The van der Waals surface area contributed by atoms with Crippen molar-refractivity contribution in [2.24, 2.45) is 17.6 Å². The number of benzene rings is 1. The molecule has 0 aromatic heterocycles. The fraction of sp³-hybridized carbons (Fsp3) is 0.583. The van der Waals surface area contributed by atoms with Crippen molar-refractivity contribution in [3.63, 3.8) is 0 Å². The summed E-state index contributed by atoms with van der Waals surface area (Å²) in [5.74, 6) is -0.0360. The second-order valence-electron chi connectivity index (χ2n) is 9.86. The minimum absolute atomic E-state index is 0.0523. The summed E-state index contributed by atoms with van der Waals surface area (Å²) in [7, 11) is 0. The van der Waals surface area contributed by atoms with E-state index in [1.54, 1.807) is 12.1 Å². The second-order valence-corrected chi connectivity index (χ2v) is 9.86. The van der Waals surface area contributed by atoms with Crippen molar-refractivity contribution in [3.05, 3.63) is 35.4 Å². The normalized spacial score (nSPS) is 32.5. The number of hydrogen-bond donors (Lipinski definition) is 1. The monoisotopic (exact) mass is 435 g/mol. The van der Waals surface area contributed by atoms with Gasteiger partial charge < -0.3 is 15.5 Å². The smallest absolute Gasteiger partial charge is 0.248 e. The number of likely N-dealkylation sites (tertiary alicyclic amines) is 3. The number of nitrogens with two attached hydrogens (primary N) is 1. The molecule has 3 heterocycles. The van der Waals surface area contributed by atoms with Crippen LogP contribution in [0.15, 0.2) is 24.3 Å². The van der Waals surface area contributed by atoms with Gasteiger partial charge in [0, 0.05) is 36.7 Å². The lowest BCUT2D eigenvalue weighted by Crippen LogP contribution is -2.53. The van der Waals surface area contributed by atoms with Gasteiger partial charge in [-0.05, 0) is 49.8 Å². The molecule has 1 saturated carbocycles. The highest BCUT2D eigenvalue weighted by Crippen LogP contribution is 2.48. The van der Waals surface area contributed by atoms with E-state index in [1.165, 1.54) is 0 Å². The van der Waals surface area contributed by atoms with Crippen molar-refractivity contribution in [1.82, 2.24) is 14.7 Å². The van der Waals surface area contributed by atoms with Crippen molar-refractivity contribution in [2.45, 2.75) is 63.3 Å². The molecule has 1 aliphatic carbocycles. The Bertz CT molecular complexity index is 1000. The van der Waals surface area contributed by atoms with Crippen LogP contribution in [-0.4, -0.2) is 69.7 Å². The minimum Gasteiger partial charge on any atom is -0.366 e. The molecule has 32 heavy (non-hydrogen) atoms. The number of nitrogens with zero attached hydrogens (tertiary/aromatic N) is 4. The van der Waals surface area contributed by atoms with E-state index in [4.69, 9.17) is 5.73 Å². The van der Waals surface area contributed by atoms with E-state index >= 15 is 0 Å². The molecule has 3 saturated heterocycles. The van der Waals surface area contributed by atoms with Crippen LogP contribution >= 0.6 is 0 Å². The zero-order valence-electron chi connectivity index (χ0n) is 18.5. The predicted octanol–water partition coefficient (Wildman–Crippen LogP) is 1.28. The van der Waals surface area contributed by atoms with Crippen LogP contribution in [0, 0.1) is 23.2 Å². The van der Waals surface area contributed by atoms with Crippen LogP contribution in [0.25, 0.3) is 0 Å². The molecule has 3 amide bonds. The highest BCUT2D eigenvalue weighted by molar-refractivity contribution is 5.92. The summed E-state index contributed by atoms with van der Waals surface area (Å²) in [5, 5.41) is 9.40. The summed E-state index contributed by atoms with van der Waals surface area (Å²) < 4.78 is 0. The number of piperidine rings is 1. The molecular weight excluding hydrogens is 406 g/mol. The molecule has 0 radical (unpaired) electrons. The summed E-state index contributed by atoms with van der Waals surface area (Å²) in [4.78, 5) is 43.5. The van der Waals surface area contributed by atoms with Crippen LogP contribution in [0.5, 0.6) is 0 Å². The van der Waals surface area contributed by atoms with E-state index in [2.05, 4.69) is 11.0 Å². The maximum absolute atomic E-state index is 13.2. The second kappa shape index (κ2) is 7.59. The van der Waals surface area contributed by atoms with E-state index in [9.17, 15) is 19.6 Å². The Morgan fingerprint density at radius 3 is 2.53 bits per heavy atom. The minimum atomic E-state index is -0.466. The number of fused-ring (bicyclic) bond motifs is 3. The Morgan fingerprint density at radius 2 is 1.91 bits per heavy atom. The first-order valence-corrected chi connectivity index (χ1v) is 11.5. The van der Waals surface area contributed by atoms with Crippen molar-refractivity contribution in [1.29, 1.82) is 5.26 Å². The molecule has 7 atom stereocenters. The fourth-order valence-corrected chi connectivity index (χ4v) is 6.06. The van der Waals surface area contributed by atoms with Gasteiger partial charge >= 0.3 is 0 Å². The summed E-state index contributed by atoms with van der Waals surface area (Å²) in [6.45, 7) is 5.23. The molecule has 8 nitrogen and oxygen atoms in total. The van der Waals surface area contributed by atoms with Crippen LogP contribution in [0.3, 0.4) is 0 Å². The van der Waals surface area contributed by atoms with Crippen LogP contribution in [0.2, 0.25) is 0 Å². The summed E-state index contributed by atoms with van der Waals surface area (Å²) >= 11 is 0. The van der Waals surface area contributed by atoms with Crippen molar-refractivity contribution >= 4 is 17.7 Å². The summed E-state index contributed by atoms with van der Waals surface area (Å²) in [6.07, 6.45) is 2.61. The molecule has 1 aromatic carbocycles. The topological polar surface area (TPSA) is 111 Å². The van der Waals surface area contributed by atoms with Crippen LogP contribution < -0.4 is 5.73 Å². The standard InChI is InChI=1S/C24H29N5O3/c1-13(23(31)29-18(10-25)7-17-8-20(17)29)11-27-12-19-9-21(27)24(32)28(19)14(2)15-3-5-16(6-4-15)22(26)30/h3-6,13-14,17-21H,7-9,11-12H2,1-2H3,(H2,26,30)/t13-,14+,17+,18-,19-,20?,21-/m0/s1. The highest BCUT2D eigenvalue weighted by Gasteiger charge is 2.55. The molecule has 4 fully saturated rings. The van der Waals surface area contributed by atoms with E-state index in [1.807, 2.05) is 35.8 Å². The molecule has 3 aliphatic heterocycles. The largest absolute Gasteiger partial charge is 0.366 e. The SMILES string of the molecule is C[C@H](c1ccc(C(N)=O)cc1)N1C(=O)[C@@H]2C[C@H]1CN2C[C@H](C)C(=O)N1C2C[C@H]2C[C@H]1C#N. The van der Waals surface area contributed by atoms with Gasteiger partial charge in [0.15, 0.2) is 0 Å². The van der Waals surface area contributed by atoms with Gasteiger partial charge in [-0.2, -0.15) is 5.26 Å². The van der Waals surface area contributed by atoms with Gasteiger partial charge in [0.25, 0.3) is 0 Å². The van der Waals surface area contributed by atoms with Crippen LogP contribution in [0.1, 0.15) is 55.1 Å². The van der Waals surface area contributed by atoms with Gasteiger partial charge in [-0.25, -0.2) is 0 Å². The number of piperazine rings is 1. The molecule has 5 rings (SSSR count). The average Bonchev–Trinajstić information content (AvgIpc) is 3.11. The average molecular weight is 436 g/mol. The Balaban J connectivity index is 1.22. The van der Waals surface area contributed by atoms with Gasteiger partial charge in [0.1, 0.15) is 6.04 Å². The number of carbonyl (C=O) groups excluding carboxylic acids is 3. The zero-order chi connectivity index (χ0) is 22.7. The molecular formula is C24H29N5O3.